The maximum absolute atomic E-state index is 12.7. The van der Waals surface area contributed by atoms with Gasteiger partial charge in [0.25, 0.3) is 0 Å². The molecule has 0 aliphatic heterocycles. The Morgan fingerprint density at radius 1 is 1.29 bits per heavy atom. The molecule has 0 spiro atoms. The van der Waals surface area contributed by atoms with Crippen LogP contribution >= 0.6 is 11.6 Å². The lowest BCUT2D eigenvalue weighted by Gasteiger charge is -2.21. The summed E-state index contributed by atoms with van der Waals surface area (Å²) in [5.41, 5.74) is -0.923. The van der Waals surface area contributed by atoms with Gasteiger partial charge in [-0.25, -0.2) is 0 Å². The van der Waals surface area contributed by atoms with E-state index in [1.807, 2.05) is 0 Å². The Bertz CT molecular complexity index is 393. The van der Waals surface area contributed by atoms with E-state index in [1.165, 1.54) is 19.1 Å². The van der Waals surface area contributed by atoms with Crippen LogP contribution in [0.25, 0.3) is 0 Å². The number of alkyl halides is 3. The van der Waals surface area contributed by atoms with E-state index in [4.69, 9.17) is 11.6 Å². The topological polar surface area (TPSA) is 32.3 Å². The van der Waals surface area contributed by atoms with Gasteiger partial charge in [0.2, 0.25) is 0 Å². The molecule has 0 aliphatic rings. The van der Waals surface area contributed by atoms with Crippen molar-refractivity contribution < 1.29 is 18.3 Å². The van der Waals surface area contributed by atoms with Crippen LogP contribution in [0.15, 0.2) is 18.2 Å². The highest BCUT2D eigenvalue weighted by Gasteiger charge is 2.34. The molecule has 0 aliphatic carbocycles. The molecule has 0 fully saturated rings. The van der Waals surface area contributed by atoms with Crippen LogP contribution in [0.1, 0.15) is 19.4 Å². The Morgan fingerprint density at radius 3 is 2.35 bits per heavy atom. The molecular formula is C11H13ClF3NO. The molecule has 0 amide bonds. The Labute approximate surface area is 102 Å². The summed E-state index contributed by atoms with van der Waals surface area (Å²) < 4.78 is 38.2. The molecule has 0 bridgehead atoms. The number of anilines is 1. The molecule has 96 valence electrons. The number of benzene rings is 1. The van der Waals surface area contributed by atoms with Gasteiger partial charge in [0.1, 0.15) is 0 Å². The van der Waals surface area contributed by atoms with Crippen molar-refractivity contribution in [2.24, 2.45) is 0 Å². The molecule has 2 nitrogen and oxygen atoms in total. The second kappa shape index (κ2) is 5.14. The molecule has 0 aromatic heterocycles. The van der Waals surface area contributed by atoms with Crippen LogP contribution in [0.2, 0.25) is 5.02 Å². The first-order chi connectivity index (χ1) is 7.71. The van der Waals surface area contributed by atoms with Gasteiger partial charge < -0.3 is 10.4 Å². The molecule has 1 aromatic carbocycles. The first kappa shape index (κ1) is 14.1. The van der Waals surface area contributed by atoms with E-state index in [1.54, 1.807) is 6.92 Å². The normalized spacial score (nSPS) is 15.5. The zero-order valence-electron chi connectivity index (χ0n) is 9.35. The quantitative estimate of drug-likeness (QED) is 0.878. The van der Waals surface area contributed by atoms with Gasteiger partial charge in [-0.05, 0) is 32.0 Å². The molecule has 0 radical (unpaired) electrons. The van der Waals surface area contributed by atoms with Gasteiger partial charge in [-0.2, -0.15) is 13.2 Å². The van der Waals surface area contributed by atoms with Crippen molar-refractivity contribution in [1.82, 2.24) is 0 Å². The fourth-order valence-electron chi connectivity index (χ4n) is 1.24. The third kappa shape index (κ3) is 3.78. The third-order valence-corrected chi connectivity index (χ3v) is 2.63. The standard InChI is InChI=1S/C11H13ClF3NO/c1-6(7(2)17)16-10-4-3-8(12)5-9(10)11(13,14)15/h3-7,16-17H,1-2H3. The fourth-order valence-corrected chi connectivity index (χ4v) is 1.41. The highest BCUT2D eigenvalue weighted by atomic mass is 35.5. The molecule has 0 saturated heterocycles. The maximum atomic E-state index is 12.7. The van der Waals surface area contributed by atoms with Crippen LogP contribution < -0.4 is 5.32 Å². The first-order valence-corrected chi connectivity index (χ1v) is 5.41. The summed E-state index contributed by atoms with van der Waals surface area (Å²) in [4.78, 5) is 0. The molecule has 0 saturated carbocycles. The highest BCUT2D eigenvalue weighted by molar-refractivity contribution is 6.30. The number of hydrogen-bond donors (Lipinski definition) is 2. The van der Waals surface area contributed by atoms with E-state index in [0.717, 1.165) is 6.07 Å². The smallest absolute Gasteiger partial charge is 0.391 e. The zero-order valence-corrected chi connectivity index (χ0v) is 10.1. The minimum atomic E-state index is -4.48. The van der Waals surface area contributed by atoms with E-state index < -0.39 is 23.9 Å². The summed E-state index contributed by atoms with van der Waals surface area (Å²) in [6.07, 6.45) is -5.24. The van der Waals surface area contributed by atoms with Crippen molar-refractivity contribution in [2.75, 3.05) is 5.32 Å². The third-order valence-electron chi connectivity index (χ3n) is 2.39. The molecule has 2 atom stereocenters. The summed E-state index contributed by atoms with van der Waals surface area (Å²) in [5.74, 6) is 0. The average Bonchev–Trinajstić information content (AvgIpc) is 2.18. The number of hydrogen-bond acceptors (Lipinski definition) is 2. The number of aliphatic hydroxyl groups excluding tert-OH is 1. The van der Waals surface area contributed by atoms with Gasteiger partial charge in [0.05, 0.1) is 11.7 Å². The average molecular weight is 268 g/mol. The van der Waals surface area contributed by atoms with Crippen LogP contribution in [0.4, 0.5) is 18.9 Å². The lowest BCUT2D eigenvalue weighted by Crippen LogP contribution is -2.29. The van der Waals surface area contributed by atoms with Gasteiger partial charge in [-0.15, -0.1) is 0 Å². The van der Waals surface area contributed by atoms with Gasteiger partial charge in [-0.3, -0.25) is 0 Å². The van der Waals surface area contributed by atoms with E-state index in [9.17, 15) is 18.3 Å². The van der Waals surface area contributed by atoms with Gasteiger partial charge in [-0.1, -0.05) is 11.6 Å². The molecule has 17 heavy (non-hydrogen) atoms. The molecular weight excluding hydrogens is 255 g/mol. The van der Waals surface area contributed by atoms with Crippen LogP contribution in [0, 0.1) is 0 Å². The first-order valence-electron chi connectivity index (χ1n) is 5.03. The van der Waals surface area contributed by atoms with Crippen molar-refractivity contribution in [3.8, 4) is 0 Å². The Hall–Kier alpha value is -0.940. The molecule has 1 rings (SSSR count). The number of aliphatic hydroxyl groups is 1. The monoisotopic (exact) mass is 267 g/mol. The van der Waals surface area contributed by atoms with Crippen LogP contribution in [0.3, 0.4) is 0 Å². The summed E-state index contributed by atoms with van der Waals surface area (Å²) in [6.45, 7) is 3.10. The minimum Gasteiger partial charge on any atom is -0.391 e. The largest absolute Gasteiger partial charge is 0.418 e. The van der Waals surface area contributed by atoms with Crippen molar-refractivity contribution in [2.45, 2.75) is 32.2 Å². The van der Waals surface area contributed by atoms with Crippen molar-refractivity contribution in [3.63, 3.8) is 0 Å². The van der Waals surface area contributed by atoms with Gasteiger partial charge in [0.15, 0.2) is 0 Å². The lowest BCUT2D eigenvalue weighted by molar-refractivity contribution is -0.137. The second-order valence-corrected chi connectivity index (χ2v) is 4.30. The lowest BCUT2D eigenvalue weighted by atomic mass is 10.1. The summed E-state index contributed by atoms with van der Waals surface area (Å²) in [6, 6.07) is 2.99. The fraction of sp³-hybridized carbons (Fsp3) is 0.455. The van der Waals surface area contributed by atoms with Crippen molar-refractivity contribution in [1.29, 1.82) is 0 Å². The predicted molar refractivity (Wildman–Crippen MR) is 61.2 cm³/mol. The van der Waals surface area contributed by atoms with E-state index in [0.29, 0.717) is 0 Å². The minimum absolute atomic E-state index is 0.0209. The number of nitrogens with one attached hydrogen (secondary N) is 1. The van der Waals surface area contributed by atoms with E-state index >= 15 is 0 Å². The Morgan fingerprint density at radius 2 is 1.88 bits per heavy atom. The van der Waals surface area contributed by atoms with Crippen LogP contribution in [0.5, 0.6) is 0 Å². The highest BCUT2D eigenvalue weighted by Crippen LogP contribution is 2.36. The van der Waals surface area contributed by atoms with Crippen LogP contribution in [-0.2, 0) is 6.18 Å². The molecule has 0 heterocycles. The number of rotatable bonds is 3. The Balaban J connectivity index is 3.07. The SMILES string of the molecule is CC(O)C(C)Nc1ccc(Cl)cc1C(F)(F)F. The molecule has 2 N–H and O–H groups in total. The predicted octanol–water partition coefficient (Wildman–Crippen LogP) is 3.54. The van der Waals surface area contributed by atoms with Gasteiger partial charge >= 0.3 is 6.18 Å². The number of halogens is 4. The van der Waals surface area contributed by atoms with Gasteiger partial charge in [0, 0.05) is 16.8 Å². The maximum Gasteiger partial charge on any atom is 0.418 e. The second-order valence-electron chi connectivity index (χ2n) is 3.86. The summed E-state index contributed by atoms with van der Waals surface area (Å²) in [5, 5.41) is 11.9. The summed E-state index contributed by atoms with van der Waals surface area (Å²) >= 11 is 5.54. The summed E-state index contributed by atoms with van der Waals surface area (Å²) in [7, 11) is 0. The van der Waals surface area contributed by atoms with Crippen molar-refractivity contribution >= 4 is 17.3 Å². The molecule has 2 unspecified atom stereocenters. The van der Waals surface area contributed by atoms with Crippen molar-refractivity contribution in [3.05, 3.63) is 28.8 Å². The molecule has 1 aromatic rings. The van der Waals surface area contributed by atoms with E-state index in [2.05, 4.69) is 5.32 Å². The van der Waals surface area contributed by atoms with Crippen LogP contribution in [-0.4, -0.2) is 17.3 Å². The van der Waals surface area contributed by atoms with E-state index in [-0.39, 0.29) is 10.7 Å². The zero-order chi connectivity index (χ0) is 13.2. The Kier molecular flexibility index (Phi) is 4.27. The molecule has 6 heteroatoms.